The van der Waals surface area contributed by atoms with Crippen molar-refractivity contribution in [3.8, 4) is 0 Å². The summed E-state index contributed by atoms with van der Waals surface area (Å²) in [6.45, 7) is 12.2. The summed E-state index contributed by atoms with van der Waals surface area (Å²) in [5, 5.41) is 17.4. The SMILES string of the molecule is Cc1cc2c(o1)CC(C)(C)CC2NCc1c(C)nn(CCO)c1C.Cl. The Balaban J connectivity index is 0.00000225. The average Bonchev–Trinajstić information content (AvgIpc) is 2.96. The molecule has 0 amide bonds. The number of nitrogens with one attached hydrogen (secondary N) is 1. The minimum Gasteiger partial charge on any atom is -0.466 e. The molecular formula is C19H30ClN3O2. The Morgan fingerprint density at radius 2 is 2.08 bits per heavy atom. The van der Waals surface area contributed by atoms with Gasteiger partial charge in [-0.15, -0.1) is 12.4 Å². The van der Waals surface area contributed by atoms with E-state index in [2.05, 4.69) is 37.3 Å². The zero-order valence-corrected chi connectivity index (χ0v) is 16.7. The van der Waals surface area contributed by atoms with Crippen LogP contribution in [0.15, 0.2) is 10.5 Å². The molecule has 2 heterocycles. The molecular weight excluding hydrogens is 338 g/mol. The van der Waals surface area contributed by atoms with Gasteiger partial charge in [-0.3, -0.25) is 4.68 Å². The van der Waals surface area contributed by atoms with Crippen LogP contribution >= 0.6 is 12.4 Å². The molecule has 1 unspecified atom stereocenters. The lowest BCUT2D eigenvalue weighted by atomic mass is 9.74. The molecule has 0 saturated heterocycles. The lowest BCUT2D eigenvalue weighted by Crippen LogP contribution is -2.32. The molecule has 0 radical (unpaired) electrons. The quantitative estimate of drug-likeness (QED) is 0.847. The monoisotopic (exact) mass is 367 g/mol. The molecule has 1 aliphatic rings. The van der Waals surface area contributed by atoms with Crippen molar-refractivity contribution in [1.29, 1.82) is 0 Å². The van der Waals surface area contributed by atoms with Crippen LogP contribution in [0.3, 0.4) is 0 Å². The number of hydrogen-bond donors (Lipinski definition) is 2. The molecule has 25 heavy (non-hydrogen) atoms. The molecule has 0 aromatic carbocycles. The van der Waals surface area contributed by atoms with E-state index in [1.165, 1.54) is 11.1 Å². The summed E-state index contributed by atoms with van der Waals surface area (Å²) >= 11 is 0. The molecule has 2 aromatic heterocycles. The van der Waals surface area contributed by atoms with Crippen LogP contribution in [0.5, 0.6) is 0 Å². The average molecular weight is 368 g/mol. The molecule has 1 aliphatic carbocycles. The second kappa shape index (κ2) is 7.52. The Morgan fingerprint density at radius 1 is 1.36 bits per heavy atom. The number of rotatable bonds is 5. The highest BCUT2D eigenvalue weighted by Gasteiger charge is 2.34. The Labute approximate surface area is 156 Å². The highest BCUT2D eigenvalue weighted by atomic mass is 35.5. The number of halogens is 1. The van der Waals surface area contributed by atoms with Gasteiger partial charge >= 0.3 is 0 Å². The molecule has 2 aromatic rings. The number of aromatic nitrogens is 2. The zero-order chi connectivity index (χ0) is 17.5. The van der Waals surface area contributed by atoms with Gasteiger partial charge in [-0.05, 0) is 38.7 Å². The molecule has 3 rings (SSSR count). The van der Waals surface area contributed by atoms with Gasteiger partial charge in [0.2, 0.25) is 0 Å². The van der Waals surface area contributed by atoms with Gasteiger partial charge in [-0.25, -0.2) is 0 Å². The second-order valence-corrected chi connectivity index (χ2v) is 7.81. The van der Waals surface area contributed by atoms with Crippen molar-refractivity contribution < 1.29 is 9.52 Å². The van der Waals surface area contributed by atoms with E-state index in [0.29, 0.717) is 12.6 Å². The number of aryl methyl sites for hydroxylation is 2. The highest BCUT2D eigenvalue weighted by Crippen LogP contribution is 2.42. The van der Waals surface area contributed by atoms with Crippen LogP contribution in [0.4, 0.5) is 0 Å². The van der Waals surface area contributed by atoms with Crippen LogP contribution in [-0.2, 0) is 19.5 Å². The van der Waals surface area contributed by atoms with E-state index in [1.807, 2.05) is 18.5 Å². The highest BCUT2D eigenvalue weighted by molar-refractivity contribution is 5.85. The minimum absolute atomic E-state index is 0. The lowest BCUT2D eigenvalue weighted by molar-refractivity contribution is 0.233. The first-order valence-electron chi connectivity index (χ1n) is 8.77. The first-order chi connectivity index (χ1) is 11.3. The number of aliphatic hydroxyl groups excluding tert-OH is 1. The third-order valence-electron chi connectivity index (χ3n) is 5.10. The number of furan rings is 1. The molecule has 140 valence electrons. The van der Waals surface area contributed by atoms with Gasteiger partial charge in [-0.2, -0.15) is 5.10 Å². The lowest BCUT2D eigenvalue weighted by Gasteiger charge is -2.35. The molecule has 5 nitrogen and oxygen atoms in total. The normalized spacial score (nSPS) is 18.7. The van der Waals surface area contributed by atoms with E-state index in [4.69, 9.17) is 9.52 Å². The van der Waals surface area contributed by atoms with Crippen molar-refractivity contribution in [3.63, 3.8) is 0 Å². The topological polar surface area (TPSA) is 63.2 Å². The summed E-state index contributed by atoms with van der Waals surface area (Å²) in [5.41, 5.74) is 4.94. The predicted octanol–water partition coefficient (Wildman–Crippen LogP) is 3.62. The van der Waals surface area contributed by atoms with Crippen molar-refractivity contribution in [2.45, 2.75) is 66.6 Å². The third-order valence-corrected chi connectivity index (χ3v) is 5.10. The van der Waals surface area contributed by atoms with Gasteiger partial charge in [-0.1, -0.05) is 13.8 Å². The summed E-state index contributed by atoms with van der Waals surface area (Å²) in [4.78, 5) is 0. The van der Waals surface area contributed by atoms with Crippen molar-refractivity contribution >= 4 is 12.4 Å². The Kier molecular flexibility index (Phi) is 6.02. The first kappa shape index (κ1) is 20.0. The van der Waals surface area contributed by atoms with E-state index < -0.39 is 0 Å². The summed E-state index contributed by atoms with van der Waals surface area (Å²) in [7, 11) is 0. The van der Waals surface area contributed by atoms with Crippen LogP contribution in [-0.4, -0.2) is 21.5 Å². The van der Waals surface area contributed by atoms with E-state index in [-0.39, 0.29) is 24.4 Å². The fourth-order valence-electron chi connectivity index (χ4n) is 3.89. The Hall–Kier alpha value is -1.30. The smallest absolute Gasteiger partial charge is 0.109 e. The fourth-order valence-corrected chi connectivity index (χ4v) is 3.89. The van der Waals surface area contributed by atoms with Crippen LogP contribution in [0.25, 0.3) is 0 Å². The van der Waals surface area contributed by atoms with Crippen molar-refractivity contribution in [1.82, 2.24) is 15.1 Å². The molecule has 0 aliphatic heterocycles. The van der Waals surface area contributed by atoms with Crippen LogP contribution in [0.1, 0.15) is 60.3 Å². The maximum Gasteiger partial charge on any atom is 0.109 e. The fraction of sp³-hybridized carbons (Fsp3) is 0.632. The minimum atomic E-state index is 0. The van der Waals surface area contributed by atoms with Gasteiger partial charge in [0.25, 0.3) is 0 Å². The molecule has 0 spiro atoms. The van der Waals surface area contributed by atoms with E-state index in [1.54, 1.807) is 0 Å². The van der Waals surface area contributed by atoms with E-state index in [9.17, 15) is 0 Å². The Bertz CT molecular complexity index is 733. The summed E-state index contributed by atoms with van der Waals surface area (Å²) in [6.07, 6.45) is 2.10. The van der Waals surface area contributed by atoms with Gasteiger partial charge < -0.3 is 14.8 Å². The zero-order valence-electron chi connectivity index (χ0n) is 15.8. The van der Waals surface area contributed by atoms with E-state index >= 15 is 0 Å². The number of fused-ring (bicyclic) bond motifs is 1. The molecule has 1 atom stereocenters. The van der Waals surface area contributed by atoms with Crippen LogP contribution in [0.2, 0.25) is 0 Å². The number of nitrogens with zero attached hydrogens (tertiary/aromatic N) is 2. The maximum atomic E-state index is 9.16. The van der Waals surface area contributed by atoms with Gasteiger partial charge in [0.05, 0.1) is 18.8 Å². The Morgan fingerprint density at radius 3 is 2.76 bits per heavy atom. The molecule has 0 fully saturated rings. The van der Waals surface area contributed by atoms with Gasteiger partial charge in [0.15, 0.2) is 0 Å². The summed E-state index contributed by atoms with van der Waals surface area (Å²) in [5.74, 6) is 2.12. The summed E-state index contributed by atoms with van der Waals surface area (Å²) < 4.78 is 7.82. The summed E-state index contributed by atoms with van der Waals surface area (Å²) in [6, 6.07) is 2.48. The van der Waals surface area contributed by atoms with Crippen LogP contribution in [0, 0.1) is 26.2 Å². The molecule has 0 saturated carbocycles. The van der Waals surface area contributed by atoms with Crippen molar-refractivity contribution in [3.05, 3.63) is 40.1 Å². The second-order valence-electron chi connectivity index (χ2n) is 7.81. The standard InChI is InChI=1S/C19H29N3O2.ClH/c1-12-8-15-17(9-19(4,5)10-18(15)24-12)20-11-16-13(2)21-22(6-7-23)14(16)3;/h8,17,20,23H,6-7,9-11H2,1-5H3;1H. The van der Waals surface area contributed by atoms with Crippen molar-refractivity contribution in [2.75, 3.05) is 6.61 Å². The van der Waals surface area contributed by atoms with Gasteiger partial charge in [0, 0.05) is 35.8 Å². The molecule has 0 bridgehead atoms. The third kappa shape index (κ3) is 4.10. The first-order valence-corrected chi connectivity index (χ1v) is 8.77. The maximum absolute atomic E-state index is 9.16. The van der Waals surface area contributed by atoms with E-state index in [0.717, 1.165) is 42.3 Å². The predicted molar refractivity (Wildman–Crippen MR) is 101 cm³/mol. The number of hydrogen-bond acceptors (Lipinski definition) is 4. The largest absolute Gasteiger partial charge is 0.466 e. The molecule has 2 N–H and O–H groups in total. The van der Waals surface area contributed by atoms with Crippen LogP contribution < -0.4 is 5.32 Å². The number of aliphatic hydroxyl groups is 1. The molecule has 6 heteroatoms. The van der Waals surface area contributed by atoms with Crippen molar-refractivity contribution in [2.24, 2.45) is 5.41 Å². The van der Waals surface area contributed by atoms with Gasteiger partial charge in [0.1, 0.15) is 11.5 Å².